The van der Waals surface area contributed by atoms with Crippen molar-refractivity contribution >= 4 is 31.6 Å². The van der Waals surface area contributed by atoms with E-state index < -0.39 is 10.0 Å². The van der Waals surface area contributed by atoms with E-state index >= 15 is 0 Å². The van der Waals surface area contributed by atoms with Crippen LogP contribution in [0.4, 0.5) is 5.69 Å². The maximum atomic E-state index is 12.1. The lowest BCUT2D eigenvalue weighted by Gasteiger charge is -2.31. The highest BCUT2D eigenvalue weighted by atomic mass is 79.9. The van der Waals surface area contributed by atoms with Crippen molar-refractivity contribution in [3.63, 3.8) is 0 Å². The fourth-order valence-electron chi connectivity index (χ4n) is 1.91. The first-order valence-electron chi connectivity index (χ1n) is 5.61. The standard InChI is InChI=1S/C11H15BrN2O3S/c12-8-1-2-10(13)11(5-8)18(16,17)14-6-7-3-9(15)4-7/h1-2,5,7,9,14-15H,3-4,6,13H2. The van der Waals surface area contributed by atoms with Crippen molar-refractivity contribution in [2.75, 3.05) is 12.3 Å². The second-order valence-corrected chi connectivity index (χ2v) is 7.18. The van der Waals surface area contributed by atoms with Gasteiger partial charge in [0, 0.05) is 11.0 Å². The predicted octanol–water partition coefficient (Wildman–Crippen LogP) is 1.08. The number of sulfonamides is 1. The fourth-order valence-corrected chi connectivity index (χ4v) is 3.70. The number of nitrogens with two attached hydrogens (primary N) is 1. The van der Waals surface area contributed by atoms with E-state index in [1.807, 2.05) is 0 Å². The van der Waals surface area contributed by atoms with Crippen LogP contribution in [0.3, 0.4) is 0 Å². The molecule has 0 atom stereocenters. The molecule has 1 aromatic rings. The van der Waals surface area contributed by atoms with Gasteiger partial charge >= 0.3 is 0 Å². The van der Waals surface area contributed by atoms with E-state index in [2.05, 4.69) is 20.7 Å². The van der Waals surface area contributed by atoms with Crippen LogP contribution in [0.1, 0.15) is 12.8 Å². The summed E-state index contributed by atoms with van der Waals surface area (Å²) in [5.41, 5.74) is 5.89. The average molecular weight is 335 g/mol. The lowest BCUT2D eigenvalue weighted by Crippen LogP contribution is -2.38. The third-order valence-corrected chi connectivity index (χ3v) is 5.01. The van der Waals surface area contributed by atoms with Crippen molar-refractivity contribution in [2.24, 2.45) is 5.92 Å². The van der Waals surface area contributed by atoms with Crippen LogP contribution in [0.15, 0.2) is 27.6 Å². The first-order chi connectivity index (χ1) is 8.38. The summed E-state index contributed by atoms with van der Waals surface area (Å²) in [5, 5.41) is 9.14. The summed E-state index contributed by atoms with van der Waals surface area (Å²) in [6.45, 7) is 0.339. The molecular formula is C11H15BrN2O3S. The van der Waals surface area contributed by atoms with Crippen LogP contribution in [-0.4, -0.2) is 26.2 Å². The molecule has 1 aliphatic carbocycles. The van der Waals surface area contributed by atoms with Gasteiger partial charge in [0.2, 0.25) is 10.0 Å². The van der Waals surface area contributed by atoms with Gasteiger partial charge in [-0.05, 0) is 37.0 Å². The van der Waals surface area contributed by atoms with Crippen molar-refractivity contribution in [2.45, 2.75) is 23.8 Å². The number of benzene rings is 1. The van der Waals surface area contributed by atoms with Crippen LogP contribution < -0.4 is 10.5 Å². The fraction of sp³-hybridized carbons (Fsp3) is 0.455. The van der Waals surface area contributed by atoms with Crippen molar-refractivity contribution in [3.8, 4) is 0 Å². The Bertz CT molecular complexity index is 541. The Morgan fingerprint density at radius 1 is 1.44 bits per heavy atom. The van der Waals surface area contributed by atoms with E-state index in [4.69, 9.17) is 10.8 Å². The van der Waals surface area contributed by atoms with E-state index in [1.54, 1.807) is 12.1 Å². The number of hydrogen-bond acceptors (Lipinski definition) is 4. The van der Waals surface area contributed by atoms with E-state index in [-0.39, 0.29) is 22.6 Å². The highest BCUT2D eigenvalue weighted by molar-refractivity contribution is 9.10. The third-order valence-electron chi connectivity index (χ3n) is 3.04. The molecular weight excluding hydrogens is 320 g/mol. The van der Waals surface area contributed by atoms with Gasteiger partial charge in [0.25, 0.3) is 0 Å². The molecule has 0 radical (unpaired) electrons. The summed E-state index contributed by atoms with van der Waals surface area (Å²) in [5.74, 6) is 0.211. The van der Waals surface area contributed by atoms with Gasteiger partial charge in [-0.15, -0.1) is 0 Å². The zero-order valence-electron chi connectivity index (χ0n) is 9.64. The Balaban J connectivity index is 2.08. The molecule has 18 heavy (non-hydrogen) atoms. The molecule has 0 amide bonds. The Kier molecular flexibility index (Phi) is 3.96. The van der Waals surface area contributed by atoms with Gasteiger partial charge in [0.1, 0.15) is 4.90 Å². The zero-order valence-corrected chi connectivity index (χ0v) is 12.0. The molecule has 0 aromatic heterocycles. The number of aliphatic hydroxyl groups is 1. The molecule has 4 N–H and O–H groups in total. The summed E-state index contributed by atoms with van der Waals surface area (Å²) < 4.78 is 27.3. The van der Waals surface area contributed by atoms with Crippen LogP contribution in [-0.2, 0) is 10.0 Å². The van der Waals surface area contributed by atoms with Crippen molar-refractivity contribution in [3.05, 3.63) is 22.7 Å². The van der Waals surface area contributed by atoms with Crippen LogP contribution in [0.25, 0.3) is 0 Å². The van der Waals surface area contributed by atoms with Crippen LogP contribution in [0, 0.1) is 5.92 Å². The van der Waals surface area contributed by atoms with Gasteiger partial charge in [-0.1, -0.05) is 15.9 Å². The quantitative estimate of drug-likeness (QED) is 0.718. The minimum Gasteiger partial charge on any atom is -0.398 e. The number of aliphatic hydroxyl groups excluding tert-OH is 1. The maximum Gasteiger partial charge on any atom is 0.242 e. The topological polar surface area (TPSA) is 92.4 Å². The van der Waals surface area contributed by atoms with E-state index in [0.29, 0.717) is 23.9 Å². The molecule has 0 aliphatic heterocycles. The molecule has 7 heteroatoms. The first kappa shape index (κ1) is 13.8. The van der Waals surface area contributed by atoms with Crippen molar-refractivity contribution in [1.29, 1.82) is 0 Å². The molecule has 0 saturated heterocycles. The number of hydrogen-bond donors (Lipinski definition) is 3. The molecule has 0 unspecified atom stereocenters. The number of rotatable bonds is 4. The van der Waals surface area contributed by atoms with Gasteiger partial charge in [-0.25, -0.2) is 13.1 Å². The smallest absolute Gasteiger partial charge is 0.242 e. The van der Waals surface area contributed by atoms with E-state index in [9.17, 15) is 8.42 Å². The van der Waals surface area contributed by atoms with E-state index in [1.165, 1.54) is 6.07 Å². The minimum absolute atomic E-state index is 0.0803. The Morgan fingerprint density at radius 3 is 2.72 bits per heavy atom. The molecule has 0 heterocycles. The van der Waals surface area contributed by atoms with Crippen LogP contribution >= 0.6 is 15.9 Å². The Labute approximate surface area is 115 Å². The Hall–Kier alpha value is -0.630. The average Bonchev–Trinajstić information content (AvgIpc) is 2.26. The summed E-state index contributed by atoms with van der Waals surface area (Å²) in [6.07, 6.45) is 1.02. The summed E-state index contributed by atoms with van der Waals surface area (Å²) in [4.78, 5) is 0.0803. The highest BCUT2D eigenvalue weighted by Crippen LogP contribution is 2.27. The Morgan fingerprint density at radius 2 is 2.11 bits per heavy atom. The SMILES string of the molecule is Nc1ccc(Br)cc1S(=O)(=O)NCC1CC(O)C1. The molecule has 5 nitrogen and oxygen atoms in total. The molecule has 100 valence electrons. The third kappa shape index (κ3) is 3.03. The highest BCUT2D eigenvalue weighted by Gasteiger charge is 2.28. The van der Waals surface area contributed by atoms with Gasteiger partial charge in [-0.2, -0.15) is 0 Å². The van der Waals surface area contributed by atoms with Crippen LogP contribution in [0.2, 0.25) is 0 Å². The summed E-state index contributed by atoms with van der Waals surface area (Å²) in [6, 6.07) is 4.72. The molecule has 1 saturated carbocycles. The molecule has 1 aromatic carbocycles. The monoisotopic (exact) mass is 334 g/mol. The van der Waals surface area contributed by atoms with Crippen molar-refractivity contribution in [1.82, 2.24) is 4.72 Å². The van der Waals surface area contributed by atoms with Gasteiger partial charge in [-0.3, -0.25) is 0 Å². The summed E-state index contributed by atoms with van der Waals surface area (Å²) >= 11 is 3.22. The number of halogens is 1. The molecule has 1 fully saturated rings. The second-order valence-electron chi connectivity index (χ2n) is 4.53. The van der Waals surface area contributed by atoms with Crippen LogP contribution in [0.5, 0.6) is 0 Å². The predicted molar refractivity (Wildman–Crippen MR) is 72.5 cm³/mol. The maximum absolute atomic E-state index is 12.1. The molecule has 0 spiro atoms. The lowest BCUT2D eigenvalue weighted by atomic mass is 9.83. The lowest BCUT2D eigenvalue weighted by molar-refractivity contribution is 0.0453. The van der Waals surface area contributed by atoms with Crippen molar-refractivity contribution < 1.29 is 13.5 Å². The molecule has 2 rings (SSSR count). The molecule has 1 aliphatic rings. The second kappa shape index (κ2) is 5.16. The number of anilines is 1. The van der Waals surface area contributed by atoms with Gasteiger partial charge in [0.15, 0.2) is 0 Å². The normalized spacial score (nSPS) is 23.7. The zero-order chi connectivity index (χ0) is 13.3. The largest absolute Gasteiger partial charge is 0.398 e. The number of nitrogens with one attached hydrogen (secondary N) is 1. The molecule has 0 bridgehead atoms. The van der Waals surface area contributed by atoms with E-state index in [0.717, 1.165) is 0 Å². The first-order valence-corrected chi connectivity index (χ1v) is 7.89. The van der Waals surface area contributed by atoms with Gasteiger partial charge in [0.05, 0.1) is 11.8 Å². The van der Waals surface area contributed by atoms with Gasteiger partial charge < -0.3 is 10.8 Å². The number of nitrogen functional groups attached to an aromatic ring is 1. The minimum atomic E-state index is -3.59. The summed E-state index contributed by atoms with van der Waals surface area (Å²) in [7, 11) is -3.59.